The van der Waals surface area contributed by atoms with E-state index >= 15 is 0 Å². The second-order valence-electron chi connectivity index (χ2n) is 5.98. The monoisotopic (exact) mass is 264 g/mol. The lowest BCUT2D eigenvalue weighted by Crippen LogP contribution is -2.33. The molecular weight excluding hydrogens is 236 g/mol. The van der Waals surface area contributed by atoms with E-state index in [-0.39, 0.29) is 0 Å². The standard InChI is InChI=1S/C16H28N2O/c1-4-7-17-10-16-14(3)9-15(19-16)12-18-8-5-6-13(2)11-18/h9,13,17H,4-8,10-12H2,1-3H3. The van der Waals surface area contributed by atoms with E-state index in [0.717, 1.165) is 43.5 Å². The number of furan rings is 1. The Morgan fingerprint density at radius 1 is 1.47 bits per heavy atom. The van der Waals surface area contributed by atoms with Gasteiger partial charge in [0.25, 0.3) is 0 Å². The molecule has 1 aliphatic heterocycles. The van der Waals surface area contributed by atoms with E-state index < -0.39 is 0 Å². The van der Waals surface area contributed by atoms with Gasteiger partial charge in [0.05, 0.1) is 13.1 Å². The van der Waals surface area contributed by atoms with Gasteiger partial charge in [0.1, 0.15) is 11.5 Å². The van der Waals surface area contributed by atoms with E-state index in [1.807, 2.05) is 0 Å². The Morgan fingerprint density at radius 2 is 2.32 bits per heavy atom. The average molecular weight is 264 g/mol. The summed E-state index contributed by atoms with van der Waals surface area (Å²) in [6.45, 7) is 12.0. The highest BCUT2D eigenvalue weighted by molar-refractivity contribution is 5.20. The molecule has 0 radical (unpaired) electrons. The molecule has 1 atom stereocenters. The number of hydrogen-bond acceptors (Lipinski definition) is 3. The smallest absolute Gasteiger partial charge is 0.120 e. The molecule has 1 aromatic rings. The molecule has 2 rings (SSSR count). The van der Waals surface area contributed by atoms with E-state index in [4.69, 9.17) is 4.42 Å². The van der Waals surface area contributed by atoms with E-state index in [1.54, 1.807) is 0 Å². The lowest BCUT2D eigenvalue weighted by Gasteiger charge is -2.29. The number of likely N-dealkylation sites (tertiary alicyclic amines) is 1. The van der Waals surface area contributed by atoms with Crippen molar-refractivity contribution in [1.82, 2.24) is 10.2 Å². The number of rotatable bonds is 6. The van der Waals surface area contributed by atoms with Gasteiger partial charge >= 0.3 is 0 Å². The Hall–Kier alpha value is -0.800. The van der Waals surface area contributed by atoms with Gasteiger partial charge in [-0.05, 0) is 56.8 Å². The van der Waals surface area contributed by atoms with Crippen LogP contribution in [0.4, 0.5) is 0 Å². The lowest BCUT2D eigenvalue weighted by atomic mass is 10.0. The zero-order chi connectivity index (χ0) is 13.7. The molecule has 19 heavy (non-hydrogen) atoms. The van der Waals surface area contributed by atoms with Gasteiger partial charge < -0.3 is 9.73 Å². The van der Waals surface area contributed by atoms with Crippen LogP contribution in [0.2, 0.25) is 0 Å². The van der Waals surface area contributed by atoms with Gasteiger partial charge in [-0.2, -0.15) is 0 Å². The Balaban J connectivity index is 1.88. The van der Waals surface area contributed by atoms with Crippen molar-refractivity contribution >= 4 is 0 Å². The van der Waals surface area contributed by atoms with Gasteiger partial charge in [-0.3, -0.25) is 4.90 Å². The Bertz CT molecular complexity index is 386. The summed E-state index contributed by atoms with van der Waals surface area (Å²) in [5.41, 5.74) is 1.28. The summed E-state index contributed by atoms with van der Waals surface area (Å²) in [7, 11) is 0. The summed E-state index contributed by atoms with van der Waals surface area (Å²) in [5, 5.41) is 3.41. The van der Waals surface area contributed by atoms with Crippen LogP contribution in [0.5, 0.6) is 0 Å². The predicted molar refractivity (Wildman–Crippen MR) is 79.1 cm³/mol. The van der Waals surface area contributed by atoms with Gasteiger partial charge in [-0.15, -0.1) is 0 Å². The maximum absolute atomic E-state index is 5.99. The molecule has 1 saturated heterocycles. The van der Waals surface area contributed by atoms with E-state index in [0.29, 0.717) is 0 Å². The molecule has 3 heteroatoms. The first kappa shape index (κ1) is 14.6. The summed E-state index contributed by atoms with van der Waals surface area (Å²) < 4.78 is 5.99. The fourth-order valence-electron chi connectivity index (χ4n) is 2.87. The first-order valence-corrected chi connectivity index (χ1v) is 7.70. The molecule has 0 aliphatic carbocycles. The number of hydrogen-bond donors (Lipinski definition) is 1. The molecule has 3 nitrogen and oxygen atoms in total. The maximum Gasteiger partial charge on any atom is 0.120 e. The average Bonchev–Trinajstić information content (AvgIpc) is 2.70. The second-order valence-corrected chi connectivity index (χ2v) is 5.98. The van der Waals surface area contributed by atoms with Crippen LogP contribution in [0.3, 0.4) is 0 Å². The normalized spacial score (nSPS) is 20.9. The molecule has 1 aromatic heterocycles. The molecule has 2 heterocycles. The number of piperidine rings is 1. The summed E-state index contributed by atoms with van der Waals surface area (Å²) in [4.78, 5) is 2.52. The molecule has 0 saturated carbocycles. The zero-order valence-electron chi connectivity index (χ0n) is 12.7. The molecule has 1 unspecified atom stereocenters. The highest BCUT2D eigenvalue weighted by Gasteiger charge is 2.18. The Labute approximate surface area is 117 Å². The second kappa shape index (κ2) is 7.11. The summed E-state index contributed by atoms with van der Waals surface area (Å²) in [6.07, 6.45) is 3.86. The van der Waals surface area contributed by atoms with Crippen molar-refractivity contribution in [3.8, 4) is 0 Å². The highest BCUT2D eigenvalue weighted by atomic mass is 16.3. The fraction of sp³-hybridized carbons (Fsp3) is 0.750. The molecule has 0 aromatic carbocycles. The molecule has 1 N–H and O–H groups in total. The molecule has 0 amide bonds. The summed E-state index contributed by atoms with van der Waals surface area (Å²) in [5.74, 6) is 3.06. The SMILES string of the molecule is CCCNCc1oc(CN2CCCC(C)C2)cc1C. The maximum atomic E-state index is 5.99. The quantitative estimate of drug-likeness (QED) is 0.799. The fourth-order valence-corrected chi connectivity index (χ4v) is 2.87. The largest absolute Gasteiger partial charge is 0.463 e. The van der Waals surface area contributed by atoms with Crippen molar-refractivity contribution in [2.24, 2.45) is 5.92 Å². The van der Waals surface area contributed by atoms with Gasteiger partial charge in [-0.1, -0.05) is 13.8 Å². The third-order valence-electron chi connectivity index (χ3n) is 3.90. The van der Waals surface area contributed by atoms with E-state index in [1.165, 1.54) is 31.5 Å². The van der Waals surface area contributed by atoms with Crippen LogP contribution in [0.1, 0.15) is 50.2 Å². The molecule has 0 spiro atoms. The first-order chi connectivity index (χ1) is 9.19. The van der Waals surface area contributed by atoms with E-state index in [2.05, 4.69) is 37.1 Å². The number of nitrogens with one attached hydrogen (secondary N) is 1. The van der Waals surface area contributed by atoms with Crippen LogP contribution >= 0.6 is 0 Å². The van der Waals surface area contributed by atoms with Crippen LogP contribution in [-0.4, -0.2) is 24.5 Å². The van der Waals surface area contributed by atoms with E-state index in [9.17, 15) is 0 Å². The van der Waals surface area contributed by atoms with Crippen molar-refractivity contribution in [3.05, 3.63) is 23.2 Å². The van der Waals surface area contributed by atoms with Gasteiger partial charge in [-0.25, -0.2) is 0 Å². The van der Waals surface area contributed by atoms with Crippen LogP contribution in [-0.2, 0) is 13.1 Å². The minimum atomic E-state index is 0.829. The van der Waals surface area contributed by atoms with Crippen LogP contribution in [0.15, 0.2) is 10.5 Å². The topological polar surface area (TPSA) is 28.4 Å². The third kappa shape index (κ3) is 4.36. The van der Waals surface area contributed by atoms with Crippen LogP contribution in [0.25, 0.3) is 0 Å². The molecule has 1 fully saturated rings. The van der Waals surface area contributed by atoms with Crippen LogP contribution in [0, 0.1) is 12.8 Å². The Kier molecular flexibility index (Phi) is 5.46. The lowest BCUT2D eigenvalue weighted by molar-refractivity contribution is 0.164. The minimum Gasteiger partial charge on any atom is -0.463 e. The van der Waals surface area contributed by atoms with Crippen LogP contribution < -0.4 is 5.32 Å². The predicted octanol–water partition coefficient (Wildman–Crippen LogP) is 3.32. The van der Waals surface area contributed by atoms with Crippen molar-refractivity contribution in [2.75, 3.05) is 19.6 Å². The van der Waals surface area contributed by atoms with Gasteiger partial charge in [0, 0.05) is 6.54 Å². The number of aryl methyl sites for hydroxylation is 1. The van der Waals surface area contributed by atoms with Crippen molar-refractivity contribution in [1.29, 1.82) is 0 Å². The number of nitrogens with zero attached hydrogens (tertiary/aromatic N) is 1. The third-order valence-corrected chi connectivity index (χ3v) is 3.90. The van der Waals surface area contributed by atoms with Crippen molar-refractivity contribution in [3.63, 3.8) is 0 Å². The minimum absolute atomic E-state index is 0.829. The highest BCUT2D eigenvalue weighted by Crippen LogP contribution is 2.20. The molecule has 1 aliphatic rings. The van der Waals surface area contributed by atoms with Gasteiger partial charge in [0.2, 0.25) is 0 Å². The van der Waals surface area contributed by atoms with Crippen molar-refractivity contribution in [2.45, 2.75) is 53.1 Å². The molecule has 108 valence electrons. The summed E-state index contributed by atoms with van der Waals surface area (Å²) in [6, 6.07) is 2.21. The molecule has 0 bridgehead atoms. The molecular formula is C16H28N2O. The van der Waals surface area contributed by atoms with Gasteiger partial charge in [0.15, 0.2) is 0 Å². The first-order valence-electron chi connectivity index (χ1n) is 7.70. The Morgan fingerprint density at radius 3 is 3.05 bits per heavy atom. The zero-order valence-corrected chi connectivity index (χ0v) is 12.7. The van der Waals surface area contributed by atoms with Crippen molar-refractivity contribution < 1.29 is 4.42 Å². The summed E-state index contributed by atoms with van der Waals surface area (Å²) >= 11 is 0.